The summed E-state index contributed by atoms with van der Waals surface area (Å²) in [4.78, 5) is 13.7. The summed E-state index contributed by atoms with van der Waals surface area (Å²) in [6, 6.07) is 5.41. The minimum Gasteiger partial charge on any atom is -0.398 e. The van der Waals surface area contributed by atoms with Crippen LogP contribution in [0.15, 0.2) is 18.2 Å². The lowest BCUT2D eigenvalue weighted by atomic mass is 10.2. The van der Waals surface area contributed by atoms with E-state index in [1.54, 1.807) is 23.1 Å². The van der Waals surface area contributed by atoms with E-state index in [-0.39, 0.29) is 5.91 Å². The third-order valence-electron chi connectivity index (χ3n) is 2.66. The number of hydrogen-bond acceptors (Lipinski definition) is 2. The second-order valence-electron chi connectivity index (χ2n) is 3.88. The van der Waals surface area contributed by atoms with Gasteiger partial charge in [-0.2, -0.15) is 0 Å². The van der Waals surface area contributed by atoms with E-state index < -0.39 is 0 Å². The second-order valence-corrected chi connectivity index (χ2v) is 4.29. The second kappa shape index (κ2) is 3.74. The normalized spacial score (nSPS) is 15.1. The number of anilines is 1. The van der Waals surface area contributed by atoms with Gasteiger partial charge in [-0.25, -0.2) is 0 Å². The molecule has 1 saturated carbocycles. The van der Waals surface area contributed by atoms with Gasteiger partial charge in [-0.3, -0.25) is 4.79 Å². The van der Waals surface area contributed by atoms with Crippen molar-refractivity contribution >= 4 is 23.2 Å². The zero-order chi connectivity index (χ0) is 11.0. The molecule has 1 amide bonds. The molecule has 1 aliphatic rings. The first kappa shape index (κ1) is 10.3. The SMILES string of the molecule is CN(C(=O)c1ccc(Cl)c(N)c1)C1CC1. The molecule has 4 heteroatoms. The van der Waals surface area contributed by atoms with Crippen molar-refractivity contribution in [2.45, 2.75) is 18.9 Å². The van der Waals surface area contributed by atoms with Crippen LogP contribution in [0.2, 0.25) is 5.02 Å². The van der Waals surface area contributed by atoms with Gasteiger partial charge in [0.05, 0.1) is 10.7 Å². The number of nitrogens with zero attached hydrogens (tertiary/aromatic N) is 1. The van der Waals surface area contributed by atoms with Crippen molar-refractivity contribution in [2.24, 2.45) is 0 Å². The molecule has 0 aliphatic heterocycles. The van der Waals surface area contributed by atoms with Crippen LogP contribution in [0.4, 0.5) is 5.69 Å². The van der Waals surface area contributed by atoms with Crippen molar-refractivity contribution in [3.8, 4) is 0 Å². The number of halogens is 1. The summed E-state index contributed by atoms with van der Waals surface area (Å²) in [7, 11) is 1.82. The molecule has 0 atom stereocenters. The van der Waals surface area contributed by atoms with Crippen LogP contribution in [0.5, 0.6) is 0 Å². The molecule has 2 rings (SSSR count). The van der Waals surface area contributed by atoms with Crippen LogP contribution in [-0.4, -0.2) is 23.9 Å². The number of benzene rings is 1. The van der Waals surface area contributed by atoms with Crippen molar-refractivity contribution in [3.63, 3.8) is 0 Å². The Kier molecular flexibility index (Phi) is 2.57. The maximum atomic E-state index is 11.9. The maximum Gasteiger partial charge on any atom is 0.253 e. The van der Waals surface area contributed by atoms with Crippen molar-refractivity contribution in [3.05, 3.63) is 28.8 Å². The summed E-state index contributed by atoms with van der Waals surface area (Å²) < 4.78 is 0. The molecule has 0 unspecified atom stereocenters. The lowest BCUT2D eigenvalue weighted by Crippen LogP contribution is -2.28. The summed E-state index contributed by atoms with van der Waals surface area (Å²) in [5, 5.41) is 0.487. The number of nitrogens with two attached hydrogens (primary N) is 1. The molecule has 3 nitrogen and oxygen atoms in total. The highest BCUT2D eigenvalue weighted by Gasteiger charge is 2.30. The van der Waals surface area contributed by atoms with Crippen LogP contribution in [-0.2, 0) is 0 Å². The minimum atomic E-state index is 0.0147. The number of carbonyl (C=O) groups excluding carboxylic acids is 1. The standard InChI is InChI=1S/C11H13ClN2O/c1-14(8-3-4-8)11(15)7-2-5-9(12)10(13)6-7/h2,5-6,8H,3-4,13H2,1H3. The van der Waals surface area contributed by atoms with Crippen LogP contribution in [0.1, 0.15) is 23.2 Å². The first-order valence-corrected chi connectivity index (χ1v) is 5.29. The number of nitrogen functional groups attached to an aromatic ring is 1. The van der Waals surface area contributed by atoms with E-state index in [9.17, 15) is 4.79 Å². The minimum absolute atomic E-state index is 0.0147. The van der Waals surface area contributed by atoms with Gasteiger partial charge in [0, 0.05) is 18.7 Å². The highest BCUT2D eigenvalue weighted by Crippen LogP contribution is 2.27. The van der Waals surface area contributed by atoms with Crippen molar-refractivity contribution < 1.29 is 4.79 Å². The molecule has 0 heterocycles. The third-order valence-corrected chi connectivity index (χ3v) is 3.00. The topological polar surface area (TPSA) is 46.3 Å². The van der Waals surface area contributed by atoms with Crippen molar-refractivity contribution in [1.29, 1.82) is 0 Å². The van der Waals surface area contributed by atoms with Crippen LogP contribution < -0.4 is 5.73 Å². The fourth-order valence-electron chi connectivity index (χ4n) is 1.51. The van der Waals surface area contributed by atoms with Gasteiger partial charge in [0.25, 0.3) is 5.91 Å². The van der Waals surface area contributed by atoms with Gasteiger partial charge in [-0.1, -0.05) is 11.6 Å². The van der Waals surface area contributed by atoms with E-state index in [1.165, 1.54) is 0 Å². The Morgan fingerprint density at radius 2 is 2.20 bits per heavy atom. The van der Waals surface area contributed by atoms with E-state index in [0.717, 1.165) is 12.8 Å². The molecule has 15 heavy (non-hydrogen) atoms. The Morgan fingerprint density at radius 3 is 2.73 bits per heavy atom. The molecular weight excluding hydrogens is 212 g/mol. The van der Waals surface area contributed by atoms with Crippen LogP contribution in [0, 0.1) is 0 Å². The first-order valence-electron chi connectivity index (χ1n) is 4.92. The van der Waals surface area contributed by atoms with E-state index >= 15 is 0 Å². The molecule has 0 saturated heterocycles. The number of rotatable bonds is 2. The van der Waals surface area contributed by atoms with E-state index in [1.807, 2.05) is 7.05 Å². The zero-order valence-corrected chi connectivity index (χ0v) is 9.29. The predicted molar refractivity (Wildman–Crippen MR) is 61.0 cm³/mol. The molecule has 0 radical (unpaired) electrons. The first-order chi connectivity index (χ1) is 7.09. The molecule has 2 N–H and O–H groups in total. The molecule has 1 aromatic rings. The Balaban J connectivity index is 2.21. The average molecular weight is 225 g/mol. The van der Waals surface area contributed by atoms with Gasteiger partial charge in [0.2, 0.25) is 0 Å². The molecule has 0 bridgehead atoms. The molecule has 1 aromatic carbocycles. The van der Waals surface area contributed by atoms with Gasteiger partial charge >= 0.3 is 0 Å². The van der Waals surface area contributed by atoms with E-state index in [0.29, 0.717) is 22.3 Å². The highest BCUT2D eigenvalue weighted by molar-refractivity contribution is 6.33. The van der Waals surface area contributed by atoms with Crippen LogP contribution in [0.3, 0.4) is 0 Å². The highest BCUT2D eigenvalue weighted by atomic mass is 35.5. The number of hydrogen-bond donors (Lipinski definition) is 1. The predicted octanol–water partition coefficient (Wildman–Crippen LogP) is 2.16. The number of carbonyl (C=O) groups is 1. The van der Waals surface area contributed by atoms with E-state index in [2.05, 4.69) is 0 Å². The summed E-state index contributed by atoms with van der Waals surface area (Å²) in [5.41, 5.74) is 6.70. The number of amides is 1. The monoisotopic (exact) mass is 224 g/mol. The smallest absolute Gasteiger partial charge is 0.253 e. The average Bonchev–Trinajstić information content (AvgIpc) is 3.03. The summed E-state index contributed by atoms with van der Waals surface area (Å²) in [5.74, 6) is 0.0147. The Hall–Kier alpha value is -1.22. The molecule has 80 valence electrons. The largest absolute Gasteiger partial charge is 0.398 e. The lowest BCUT2D eigenvalue weighted by Gasteiger charge is -2.16. The van der Waals surface area contributed by atoms with Crippen molar-refractivity contribution in [2.75, 3.05) is 12.8 Å². The fourth-order valence-corrected chi connectivity index (χ4v) is 1.63. The van der Waals surface area contributed by atoms with Gasteiger partial charge in [0.1, 0.15) is 0 Å². The Labute approximate surface area is 93.8 Å². The van der Waals surface area contributed by atoms with E-state index in [4.69, 9.17) is 17.3 Å². The summed E-state index contributed by atoms with van der Waals surface area (Å²) in [6.07, 6.45) is 2.20. The summed E-state index contributed by atoms with van der Waals surface area (Å²) >= 11 is 5.79. The van der Waals surface area contributed by atoms with Crippen LogP contribution in [0.25, 0.3) is 0 Å². The van der Waals surface area contributed by atoms with Gasteiger partial charge in [0.15, 0.2) is 0 Å². The van der Waals surface area contributed by atoms with Crippen molar-refractivity contribution in [1.82, 2.24) is 4.90 Å². The Bertz CT molecular complexity index is 402. The van der Waals surface area contributed by atoms with Gasteiger partial charge in [-0.05, 0) is 31.0 Å². The zero-order valence-electron chi connectivity index (χ0n) is 8.53. The fraction of sp³-hybridized carbons (Fsp3) is 0.364. The molecule has 0 spiro atoms. The van der Waals surface area contributed by atoms with Gasteiger partial charge < -0.3 is 10.6 Å². The lowest BCUT2D eigenvalue weighted by molar-refractivity contribution is 0.0785. The quantitative estimate of drug-likeness (QED) is 0.783. The Morgan fingerprint density at radius 1 is 1.53 bits per heavy atom. The molecule has 0 aromatic heterocycles. The maximum absolute atomic E-state index is 11.9. The van der Waals surface area contributed by atoms with Crippen LogP contribution >= 0.6 is 11.6 Å². The third kappa shape index (κ3) is 2.07. The molecule has 1 aliphatic carbocycles. The summed E-state index contributed by atoms with van der Waals surface area (Å²) in [6.45, 7) is 0. The molecule has 1 fully saturated rings. The van der Waals surface area contributed by atoms with Gasteiger partial charge in [-0.15, -0.1) is 0 Å². The molecular formula is C11H13ClN2O.